The van der Waals surface area contributed by atoms with E-state index in [0.717, 1.165) is 0 Å². The number of esters is 1. The summed E-state index contributed by atoms with van der Waals surface area (Å²) in [5, 5.41) is 9.05. The molecule has 3 heterocycles. The van der Waals surface area contributed by atoms with Gasteiger partial charge in [0.05, 0.1) is 24.9 Å². The van der Waals surface area contributed by atoms with E-state index in [1.165, 1.54) is 17.5 Å². The van der Waals surface area contributed by atoms with Gasteiger partial charge >= 0.3 is 5.97 Å². The molecule has 0 spiro atoms. The highest BCUT2D eigenvalue weighted by atomic mass is 32.1. The van der Waals surface area contributed by atoms with Crippen LogP contribution >= 0.6 is 11.3 Å². The molecule has 1 N–H and O–H groups in total. The Morgan fingerprint density at radius 2 is 2.08 bits per heavy atom. The van der Waals surface area contributed by atoms with Gasteiger partial charge in [-0.2, -0.15) is 5.10 Å². The predicted octanol–water partition coefficient (Wildman–Crippen LogP) is 2.03. The SMILES string of the molecule is CCOC(=O)Cc1csc(NC(=O)c2cnn(C)c2-n2cccc2)n1. The molecule has 0 aliphatic rings. The maximum Gasteiger partial charge on any atom is 0.311 e. The third-order valence-corrected chi connectivity index (χ3v) is 4.21. The molecule has 3 rings (SSSR count). The fourth-order valence-electron chi connectivity index (χ4n) is 2.34. The minimum Gasteiger partial charge on any atom is -0.466 e. The number of ether oxygens (including phenoxy) is 1. The first-order valence-corrected chi connectivity index (χ1v) is 8.53. The lowest BCUT2D eigenvalue weighted by molar-refractivity contribution is -0.142. The van der Waals surface area contributed by atoms with Gasteiger partial charge in [0.2, 0.25) is 0 Å². The Balaban J connectivity index is 1.74. The minimum absolute atomic E-state index is 0.0850. The molecule has 0 aromatic carbocycles. The second-order valence-corrected chi connectivity index (χ2v) is 6.03. The number of carbonyl (C=O) groups excluding carboxylic acids is 2. The lowest BCUT2D eigenvalue weighted by atomic mass is 10.3. The Bertz CT molecular complexity index is 882. The van der Waals surface area contributed by atoms with Crippen LogP contribution in [-0.2, 0) is 23.0 Å². The molecule has 0 saturated carbocycles. The van der Waals surface area contributed by atoms with Crippen LogP contribution in [0.2, 0.25) is 0 Å². The highest BCUT2D eigenvalue weighted by Crippen LogP contribution is 2.19. The topological polar surface area (TPSA) is 91.0 Å². The number of aryl methyl sites for hydroxylation is 1. The first-order chi connectivity index (χ1) is 12.1. The fourth-order valence-corrected chi connectivity index (χ4v) is 3.05. The van der Waals surface area contributed by atoms with Gasteiger partial charge in [-0.3, -0.25) is 19.6 Å². The molecule has 0 fully saturated rings. The van der Waals surface area contributed by atoms with E-state index < -0.39 is 0 Å². The van der Waals surface area contributed by atoms with Gasteiger partial charge in [0, 0.05) is 24.8 Å². The number of rotatable bonds is 6. The summed E-state index contributed by atoms with van der Waals surface area (Å²) in [5.41, 5.74) is 0.997. The van der Waals surface area contributed by atoms with Crippen LogP contribution < -0.4 is 5.32 Å². The van der Waals surface area contributed by atoms with Crippen LogP contribution in [0, 0.1) is 0 Å². The summed E-state index contributed by atoms with van der Waals surface area (Å²) in [6, 6.07) is 3.74. The zero-order valence-electron chi connectivity index (χ0n) is 13.8. The third-order valence-electron chi connectivity index (χ3n) is 3.40. The number of amides is 1. The van der Waals surface area contributed by atoms with Crippen molar-refractivity contribution in [1.82, 2.24) is 19.3 Å². The largest absolute Gasteiger partial charge is 0.466 e. The first kappa shape index (κ1) is 16.9. The molecule has 0 bridgehead atoms. The Kier molecular flexibility index (Phi) is 4.94. The number of thiazole rings is 1. The lowest BCUT2D eigenvalue weighted by Gasteiger charge is -2.07. The molecule has 3 aromatic rings. The molecule has 9 heteroatoms. The molecular formula is C16H17N5O3S. The average molecular weight is 359 g/mol. The lowest BCUT2D eigenvalue weighted by Crippen LogP contribution is -2.15. The van der Waals surface area contributed by atoms with Crippen LogP contribution in [0.4, 0.5) is 5.13 Å². The minimum atomic E-state index is -0.340. The number of anilines is 1. The molecule has 1 amide bonds. The van der Waals surface area contributed by atoms with Crippen LogP contribution in [0.15, 0.2) is 36.1 Å². The van der Waals surface area contributed by atoms with Gasteiger partial charge in [-0.05, 0) is 19.1 Å². The summed E-state index contributed by atoms with van der Waals surface area (Å²) in [5.74, 6) is 0.00691. The Morgan fingerprint density at radius 1 is 1.32 bits per heavy atom. The van der Waals surface area contributed by atoms with Crippen molar-refractivity contribution in [2.24, 2.45) is 7.05 Å². The van der Waals surface area contributed by atoms with Gasteiger partial charge in [0.1, 0.15) is 11.4 Å². The first-order valence-electron chi connectivity index (χ1n) is 7.65. The molecular weight excluding hydrogens is 342 g/mol. The van der Waals surface area contributed by atoms with Crippen LogP contribution in [0.25, 0.3) is 5.82 Å². The Morgan fingerprint density at radius 3 is 2.80 bits per heavy atom. The molecule has 8 nitrogen and oxygen atoms in total. The van der Waals surface area contributed by atoms with E-state index in [0.29, 0.717) is 28.8 Å². The molecule has 0 aliphatic carbocycles. The van der Waals surface area contributed by atoms with Crippen molar-refractivity contribution in [2.75, 3.05) is 11.9 Å². The molecule has 130 valence electrons. The number of nitrogens with one attached hydrogen (secondary N) is 1. The van der Waals surface area contributed by atoms with Crippen LogP contribution in [-0.4, -0.2) is 37.8 Å². The summed E-state index contributed by atoms with van der Waals surface area (Å²) in [6.45, 7) is 2.08. The number of hydrogen-bond donors (Lipinski definition) is 1. The van der Waals surface area contributed by atoms with Gasteiger partial charge < -0.3 is 9.30 Å². The van der Waals surface area contributed by atoms with E-state index in [1.807, 2.05) is 29.1 Å². The fraction of sp³-hybridized carbons (Fsp3) is 0.250. The second-order valence-electron chi connectivity index (χ2n) is 5.18. The van der Waals surface area contributed by atoms with Crippen molar-refractivity contribution < 1.29 is 14.3 Å². The van der Waals surface area contributed by atoms with Gasteiger partial charge in [0.25, 0.3) is 5.91 Å². The average Bonchev–Trinajstić information content (AvgIpc) is 3.28. The van der Waals surface area contributed by atoms with E-state index in [1.54, 1.807) is 24.0 Å². The van der Waals surface area contributed by atoms with E-state index in [9.17, 15) is 9.59 Å². The van der Waals surface area contributed by atoms with Crippen molar-refractivity contribution in [3.8, 4) is 5.82 Å². The van der Waals surface area contributed by atoms with Crippen LogP contribution in [0.5, 0.6) is 0 Å². The molecule has 0 saturated heterocycles. The van der Waals surface area contributed by atoms with Gasteiger partial charge in [-0.1, -0.05) is 0 Å². The van der Waals surface area contributed by atoms with Crippen molar-refractivity contribution in [3.05, 3.63) is 47.4 Å². The van der Waals surface area contributed by atoms with Crippen molar-refractivity contribution >= 4 is 28.3 Å². The maximum absolute atomic E-state index is 12.6. The predicted molar refractivity (Wildman–Crippen MR) is 92.9 cm³/mol. The van der Waals surface area contributed by atoms with Crippen molar-refractivity contribution in [1.29, 1.82) is 0 Å². The van der Waals surface area contributed by atoms with Gasteiger partial charge in [-0.25, -0.2) is 4.98 Å². The Labute approximate surface area is 148 Å². The maximum atomic E-state index is 12.6. The summed E-state index contributed by atoms with van der Waals surface area (Å²) in [6.07, 6.45) is 5.28. The van der Waals surface area contributed by atoms with Gasteiger partial charge in [0.15, 0.2) is 5.13 Å². The quantitative estimate of drug-likeness (QED) is 0.680. The Hall–Kier alpha value is -2.94. The van der Waals surface area contributed by atoms with E-state index in [2.05, 4.69) is 15.4 Å². The second kappa shape index (κ2) is 7.31. The monoisotopic (exact) mass is 359 g/mol. The highest BCUT2D eigenvalue weighted by Gasteiger charge is 2.19. The summed E-state index contributed by atoms with van der Waals surface area (Å²) in [7, 11) is 1.77. The third kappa shape index (κ3) is 3.77. The molecule has 0 radical (unpaired) electrons. The van der Waals surface area contributed by atoms with E-state index >= 15 is 0 Å². The molecule has 0 unspecified atom stereocenters. The van der Waals surface area contributed by atoms with Gasteiger partial charge in [-0.15, -0.1) is 11.3 Å². The van der Waals surface area contributed by atoms with Crippen molar-refractivity contribution in [2.45, 2.75) is 13.3 Å². The summed E-state index contributed by atoms with van der Waals surface area (Å²) in [4.78, 5) is 28.3. The highest BCUT2D eigenvalue weighted by molar-refractivity contribution is 7.14. The number of hydrogen-bond acceptors (Lipinski definition) is 6. The van der Waals surface area contributed by atoms with Crippen LogP contribution in [0.3, 0.4) is 0 Å². The summed E-state index contributed by atoms with van der Waals surface area (Å²) < 4.78 is 8.33. The number of carbonyl (C=O) groups is 2. The molecule has 25 heavy (non-hydrogen) atoms. The number of nitrogens with zero attached hydrogens (tertiary/aromatic N) is 4. The zero-order chi connectivity index (χ0) is 17.8. The molecule has 0 aliphatic heterocycles. The molecule has 0 atom stereocenters. The zero-order valence-corrected chi connectivity index (χ0v) is 14.6. The van der Waals surface area contributed by atoms with E-state index in [-0.39, 0.29) is 18.3 Å². The number of aromatic nitrogens is 4. The van der Waals surface area contributed by atoms with Crippen molar-refractivity contribution in [3.63, 3.8) is 0 Å². The normalized spacial score (nSPS) is 10.6. The molecule has 3 aromatic heterocycles. The summed E-state index contributed by atoms with van der Waals surface area (Å²) >= 11 is 1.26. The van der Waals surface area contributed by atoms with E-state index in [4.69, 9.17) is 4.74 Å². The van der Waals surface area contributed by atoms with Crippen LogP contribution in [0.1, 0.15) is 23.0 Å². The smallest absolute Gasteiger partial charge is 0.311 e. The standard InChI is InChI=1S/C16H17N5O3S/c1-3-24-13(22)8-11-10-25-16(18-11)19-14(23)12-9-17-20(2)15(12)21-6-4-5-7-21/h4-7,9-10H,3,8H2,1-2H3,(H,18,19,23).